The van der Waals surface area contributed by atoms with Crippen LogP contribution in [0, 0.1) is 0 Å². The van der Waals surface area contributed by atoms with Crippen molar-refractivity contribution in [3.8, 4) is 22.6 Å². The van der Waals surface area contributed by atoms with Gasteiger partial charge in [0.25, 0.3) is 0 Å². The lowest BCUT2D eigenvalue weighted by Gasteiger charge is -2.50. The molecule has 0 saturated heterocycles. The highest BCUT2D eigenvalue weighted by Gasteiger charge is 2.59. The molecule has 1 spiro atoms. The molecule has 9 aromatic carbocycles. The number of hydrogen-bond donors (Lipinski definition) is 0. The Bertz CT molecular complexity index is 2830. The third-order valence-corrected chi connectivity index (χ3v) is 22.6. The molecule has 0 aliphatic carbocycles. The largest absolute Gasteiger partial charge is 0.458 e. The van der Waals surface area contributed by atoms with E-state index in [1.165, 1.54) is 52.6 Å². The topological polar surface area (TPSA) is 12.5 Å². The molecule has 2 aliphatic rings. The maximum absolute atomic E-state index is 6.86. The second kappa shape index (κ2) is 13.9. The van der Waals surface area contributed by atoms with Crippen LogP contribution < -0.4 is 51.1 Å². The maximum atomic E-state index is 6.86. The summed E-state index contributed by atoms with van der Waals surface area (Å²) < 4.78 is 6.86. The molecular weight excluding hydrogens is 735 g/mol. The van der Waals surface area contributed by atoms with Crippen molar-refractivity contribution in [1.29, 1.82) is 0 Å². The zero-order chi connectivity index (χ0) is 38.5. The van der Waals surface area contributed by atoms with Gasteiger partial charge in [0.2, 0.25) is 0 Å². The highest BCUT2D eigenvalue weighted by Crippen LogP contribution is 2.37. The summed E-state index contributed by atoms with van der Waals surface area (Å²) in [4.78, 5) is 2.43. The number of ether oxygens (including phenoxy) is 1. The quantitative estimate of drug-likeness (QED) is 0.159. The zero-order valence-electron chi connectivity index (χ0n) is 31.9. The van der Waals surface area contributed by atoms with Gasteiger partial charge in [-0.15, -0.1) is 0 Å². The molecule has 0 unspecified atom stereocenters. The summed E-state index contributed by atoms with van der Waals surface area (Å²) in [5.74, 6) is 1.90. The van der Waals surface area contributed by atoms with Crippen molar-refractivity contribution >= 4 is 74.7 Å². The van der Waals surface area contributed by atoms with E-state index in [0.717, 1.165) is 28.6 Å². The first kappa shape index (κ1) is 34.3. The van der Waals surface area contributed by atoms with Gasteiger partial charge in [0.1, 0.15) is 11.5 Å². The zero-order valence-corrected chi connectivity index (χ0v) is 33.9. The fourth-order valence-electron chi connectivity index (χ4n) is 9.93. The third kappa shape index (κ3) is 5.09. The molecule has 0 bridgehead atoms. The first-order valence-corrected chi connectivity index (χ1v) is 24.0. The number of nitrogens with zero attached hydrogens (tertiary/aromatic N) is 1. The Balaban J connectivity index is 1.27. The van der Waals surface area contributed by atoms with Crippen molar-refractivity contribution in [3.05, 3.63) is 237 Å². The van der Waals surface area contributed by atoms with Crippen molar-refractivity contribution in [2.75, 3.05) is 4.90 Å². The fourth-order valence-corrected chi connectivity index (χ4v) is 22.2. The van der Waals surface area contributed by atoms with Gasteiger partial charge in [-0.25, -0.2) is 0 Å². The molecule has 58 heavy (non-hydrogen) atoms. The molecule has 4 heteroatoms. The molecule has 0 radical (unpaired) electrons. The number of fused-ring (bicyclic) bond motifs is 8. The van der Waals surface area contributed by atoms with E-state index < -0.39 is 16.1 Å². The van der Waals surface area contributed by atoms with E-state index in [0.29, 0.717) is 0 Å². The molecule has 2 heterocycles. The van der Waals surface area contributed by atoms with Gasteiger partial charge in [0, 0.05) is 17.1 Å². The smallest absolute Gasteiger partial charge is 0.188 e. The van der Waals surface area contributed by atoms with Gasteiger partial charge < -0.3 is 9.64 Å². The molecule has 11 rings (SSSR count). The Morgan fingerprint density at radius 2 is 0.672 bits per heavy atom. The van der Waals surface area contributed by atoms with E-state index in [4.69, 9.17) is 4.74 Å². The Morgan fingerprint density at radius 1 is 0.276 bits per heavy atom. The highest BCUT2D eigenvalue weighted by molar-refractivity contribution is 7.33. The number of anilines is 3. The monoisotopic (exact) mass is 773 g/mol. The predicted octanol–water partition coefficient (Wildman–Crippen LogP) is 8.00. The first-order valence-electron chi connectivity index (χ1n) is 20.0. The van der Waals surface area contributed by atoms with Gasteiger partial charge in [-0.05, 0) is 101 Å². The Hall–Kier alpha value is -6.99. The average Bonchev–Trinajstić information content (AvgIpc) is 3.31. The number of benzene rings is 9. The molecule has 2 nitrogen and oxygen atoms in total. The number of para-hydroxylation sites is 3. The standard InChI is InChI=1S/C54H39NOSi2/c1-5-19-40(20-6-1)41-33-35-43(36-34-41)55(42-21-7-2-8-22-42)44-37-38-53-54(39-44)58(49-29-15-13-27-47(49)56-48-28-14-16-30-50(48)58)52-32-18-17-31-51(52)57(53,45-23-9-3-10-24-45)46-25-11-4-12-26-46/h1-39H. The second-order valence-corrected chi connectivity index (χ2v) is 22.6. The van der Waals surface area contributed by atoms with E-state index in [1.54, 1.807) is 0 Å². The van der Waals surface area contributed by atoms with Crippen molar-refractivity contribution in [2.45, 2.75) is 0 Å². The molecule has 9 aromatic rings. The molecule has 0 N–H and O–H groups in total. The van der Waals surface area contributed by atoms with Crippen LogP contribution in [-0.2, 0) is 0 Å². The molecule has 2 aliphatic heterocycles. The third-order valence-electron chi connectivity index (χ3n) is 12.3. The molecule has 0 saturated carbocycles. The van der Waals surface area contributed by atoms with E-state index in [2.05, 4.69) is 241 Å². The van der Waals surface area contributed by atoms with Crippen molar-refractivity contribution in [1.82, 2.24) is 0 Å². The minimum atomic E-state index is -3.06. The van der Waals surface area contributed by atoms with Gasteiger partial charge >= 0.3 is 0 Å². The lowest BCUT2D eigenvalue weighted by atomic mass is 10.0. The molecule has 0 fully saturated rings. The summed E-state index contributed by atoms with van der Waals surface area (Å²) in [6, 6.07) is 87.8. The van der Waals surface area contributed by atoms with Crippen molar-refractivity contribution in [2.24, 2.45) is 0 Å². The lowest BCUT2D eigenvalue weighted by molar-refractivity contribution is 0.487. The van der Waals surface area contributed by atoms with Crippen LogP contribution in [0.1, 0.15) is 0 Å². The number of rotatable bonds is 6. The van der Waals surface area contributed by atoms with Crippen LogP contribution in [0.25, 0.3) is 11.1 Å². The Morgan fingerprint density at radius 3 is 1.24 bits per heavy atom. The fraction of sp³-hybridized carbons (Fsp3) is 0. The minimum Gasteiger partial charge on any atom is -0.458 e. The first-order chi connectivity index (χ1) is 28.8. The van der Waals surface area contributed by atoms with E-state index >= 15 is 0 Å². The molecule has 0 atom stereocenters. The highest BCUT2D eigenvalue weighted by atomic mass is 28.3. The van der Waals surface area contributed by atoms with Crippen LogP contribution in [0.2, 0.25) is 0 Å². The Labute approximate surface area is 342 Å². The Kier molecular flexibility index (Phi) is 8.21. The van der Waals surface area contributed by atoms with E-state index in [1.807, 2.05) is 0 Å². The van der Waals surface area contributed by atoms with Crippen LogP contribution in [0.15, 0.2) is 237 Å². The minimum absolute atomic E-state index is 0.948. The SMILES string of the molecule is c1ccc(-c2ccc(N(c3ccccc3)c3ccc4c(c3)[Si]3(c5ccccc5Oc5ccccc53)c3ccccc3[Si]4(c3ccccc3)c3ccccc3)cc2)cc1. The normalized spacial score (nSPS) is 13.9. The molecular formula is C54H39NOSi2. The summed E-state index contributed by atoms with van der Waals surface area (Å²) in [6.07, 6.45) is 0. The summed E-state index contributed by atoms with van der Waals surface area (Å²) in [6.45, 7) is 0. The molecule has 0 amide bonds. The van der Waals surface area contributed by atoms with E-state index in [-0.39, 0.29) is 0 Å². The maximum Gasteiger partial charge on any atom is 0.188 e. The van der Waals surface area contributed by atoms with Crippen LogP contribution in [0.5, 0.6) is 11.5 Å². The van der Waals surface area contributed by atoms with Gasteiger partial charge in [0.15, 0.2) is 16.1 Å². The number of hydrogen-bond acceptors (Lipinski definition) is 2. The summed E-state index contributed by atoms with van der Waals surface area (Å²) >= 11 is 0. The van der Waals surface area contributed by atoms with Crippen LogP contribution >= 0.6 is 0 Å². The van der Waals surface area contributed by atoms with Gasteiger partial charge in [-0.1, -0.05) is 188 Å². The average molecular weight is 774 g/mol. The predicted molar refractivity (Wildman–Crippen MR) is 247 cm³/mol. The lowest BCUT2D eigenvalue weighted by Crippen LogP contribution is -2.93. The van der Waals surface area contributed by atoms with Crippen LogP contribution in [0.4, 0.5) is 17.1 Å². The van der Waals surface area contributed by atoms with Gasteiger partial charge in [-0.3, -0.25) is 0 Å². The van der Waals surface area contributed by atoms with Gasteiger partial charge in [0.05, 0.1) is 0 Å². The van der Waals surface area contributed by atoms with Crippen LogP contribution in [0.3, 0.4) is 0 Å². The molecule has 274 valence electrons. The second-order valence-electron chi connectivity index (χ2n) is 15.2. The van der Waals surface area contributed by atoms with E-state index in [9.17, 15) is 0 Å². The van der Waals surface area contributed by atoms with Gasteiger partial charge in [-0.2, -0.15) is 0 Å². The summed E-state index contributed by atoms with van der Waals surface area (Å²) in [5, 5.41) is 11.1. The van der Waals surface area contributed by atoms with Crippen LogP contribution in [-0.4, -0.2) is 16.1 Å². The summed E-state index contributed by atoms with van der Waals surface area (Å²) in [7, 11) is -5.97. The molecule has 0 aromatic heterocycles. The van der Waals surface area contributed by atoms with Crippen molar-refractivity contribution in [3.63, 3.8) is 0 Å². The summed E-state index contributed by atoms with van der Waals surface area (Å²) in [5.41, 5.74) is 5.77. The van der Waals surface area contributed by atoms with Crippen molar-refractivity contribution < 1.29 is 4.74 Å².